The van der Waals surface area contributed by atoms with Crippen LogP contribution in [0.3, 0.4) is 0 Å². The lowest BCUT2D eigenvalue weighted by Gasteiger charge is -2.30. The van der Waals surface area contributed by atoms with Gasteiger partial charge < -0.3 is 4.74 Å². The van der Waals surface area contributed by atoms with Gasteiger partial charge in [0.05, 0.1) is 13.2 Å². The average molecular weight is 421 g/mol. The lowest BCUT2D eigenvalue weighted by atomic mass is 10.2. The summed E-state index contributed by atoms with van der Waals surface area (Å²) >= 11 is 0. The quantitative estimate of drug-likeness (QED) is 0.213. The van der Waals surface area contributed by atoms with E-state index in [1.807, 2.05) is 6.07 Å². The number of hydrogen-bond donors (Lipinski definition) is 0. The normalized spacial score (nSPS) is 11.6. The van der Waals surface area contributed by atoms with Gasteiger partial charge in [-0.1, -0.05) is 133 Å². The SMILES string of the molecule is C(=C\[Si](c1ccccc1)(c1ccccc1)c1ccccc1)/CCOCc1ccccc1. The zero-order chi connectivity index (χ0) is 21.2. The molecular weight excluding hydrogens is 392 g/mol. The van der Waals surface area contributed by atoms with Gasteiger partial charge in [0.1, 0.15) is 0 Å². The Labute approximate surface area is 186 Å². The first-order chi connectivity index (χ1) is 15.4. The molecular formula is C29H28OSi. The fourth-order valence-corrected chi connectivity index (χ4v) is 8.32. The molecule has 0 atom stereocenters. The maximum atomic E-state index is 5.92. The molecule has 0 amide bonds. The van der Waals surface area contributed by atoms with Crippen LogP contribution in [0.1, 0.15) is 12.0 Å². The number of ether oxygens (including phenoxy) is 1. The molecule has 0 aliphatic heterocycles. The first-order valence-corrected chi connectivity index (χ1v) is 12.9. The fourth-order valence-electron chi connectivity index (χ4n) is 4.07. The molecule has 1 nitrogen and oxygen atoms in total. The summed E-state index contributed by atoms with van der Waals surface area (Å²) in [6, 6.07) is 43.2. The third-order valence-corrected chi connectivity index (χ3v) is 10.1. The Morgan fingerprint density at radius 3 is 1.42 bits per heavy atom. The van der Waals surface area contributed by atoms with Crippen LogP contribution < -0.4 is 15.6 Å². The van der Waals surface area contributed by atoms with E-state index < -0.39 is 8.07 Å². The molecule has 0 spiro atoms. The van der Waals surface area contributed by atoms with E-state index in [1.54, 1.807) is 0 Å². The zero-order valence-corrected chi connectivity index (χ0v) is 18.7. The van der Waals surface area contributed by atoms with Crippen LogP contribution in [-0.4, -0.2) is 14.7 Å². The summed E-state index contributed by atoms with van der Waals surface area (Å²) in [4.78, 5) is 0. The largest absolute Gasteiger partial charge is 0.376 e. The Kier molecular flexibility index (Phi) is 7.27. The second kappa shape index (κ2) is 10.7. The molecule has 0 aromatic heterocycles. The summed E-state index contributed by atoms with van der Waals surface area (Å²) in [5.41, 5.74) is 3.70. The molecule has 4 aromatic rings. The molecule has 0 aliphatic rings. The number of benzene rings is 4. The van der Waals surface area contributed by atoms with E-state index in [9.17, 15) is 0 Å². The van der Waals surface area contributed by atoms with Crippen LogP contribution in [0, 0.1) is 0 Å². The summed E-state index contributed by atoms with van der Waals surface area (Å²) in [5, 5.41) is 4.19. The van der Waals surface area contributed by atoms with Crippen molar-refractivity contribution in [1.29, 1.82) is 0 Å². The highest BCUT2D eigenvalue weighted by Crippen LogP contribution is 2.10. The van der Waals surface area contributed by atoms with Crippen LogP contribution in [0.25, 0.3) is 0 Å². The van der Waals surface area contributed by atoms with Crippen molar-refractivity contribution >= 4 is 23.6 Å². The predicted octanol–water partition coefficient (Wildman–Crippen LogP) is 4.86. The summed E-state index contributed by atoms with van der Waals surface area (Å²) in [6.07, 6.45) is 3.22. The lowest BCUT2D eigenvalue weighted by molar-refractivity contribution is 0.125. The van der Waals surface area contributed by atoms with Crippen LogP contribution in [0.2, 0.25) is 0 Å². The van der Waals surface area contributed by atoms with E-state index in [-0.39, 0.29) is 0 Å². The van der Waals surface area contributed by atoms with E-state index in [0.29, 0.717) is 13.2 Å². The molecule has 154 valence electrons. The number of hydrogen-bond acceptors (Lipinski definition) is 1. The van der Waals surface area contributed by atoms with Crippen molar-refractivity contribution in [1.82, 2.24) is 0 Å². The molecule has 0 fully saturated rings. The zero-order valence-electron chi connectivity index (χ0n) is 17.7. The highest BCUT2D eigenvalue weighted by Gasteiger charge is 2.36. The molecule has 0 radical (unpaired) electrons. The van der Waals surface area contributed by atoms with Gasteiger partial charge in [0.2, 0.25) is 0 Å². The van der Waals surface area contributed by atoms with Gasteiger partial charge in [0.15, 0.2) is 8.07 Å². The fraction of sp³-hybridized carbons (Fsp3) is 0.103. The van der Waals surface area contributed by atoms with E-state index in [0.717, 1.165) is 6.42 Å². The summed E-state index contributed by atoms with van der Waals surface area (Å²) in [5.74, 6) is 0. The smallest absolute Gasteiger partial charge is 0.172 e. The van der Waals surface area contributed by atoms with Crippen LogP contribution in [-0.2, 0) is 11.3 Å². The number of rotatable bonds is 9. The van der Waals surface area contributed by atoms with Gasteiger partial charge in [-0.25, -0.2) is 0 Å². The summed E-state index contributed by atoms with van der Waals surface area (Å²) < 4.78 is 5.92. The van der Waals surface area contributed by atoms with Crippen molar-refractivity contribution in [3.8, 4) is 0 Å². The maximum Gasteiger partial charge on any atom is 0.172 e. The van der Waals surface area contributed by atoms with Gasteiger partial charge >= 0.3 is 0 Å². The van der Waals surface area contributed by atoms with Crippen LogP contribution in [0.15, 0.2) is 133 Å². The maximum absolute atomic E-state index is 5.92. The molecule has 4 aromatic carbocycles. The van der Waals surface area contributed by atoms with Crippen molar-refractivity contribution in [2.24, 2.45) is 0 Å². The van der Waals surface area contributed by atoms with E-state index in [2.05, 4.69) is 127 Å². The van der Waals surface area contributed by atoms with E-state index >= 15 is 0 Å². The Balaban J connectivity index is 1.61. The van der Waals surface area contributed by atoms with Crippen LogP contribution in [0.5, 0.6) is 0 Å². The molecule has 31 heavy (non-hydrogen) atoms. The van der Waals surface area contributed by atoms with E-state index in [1.165, 1.54) is 21.1 Å². The van der Waals surface area contributed by atoms with Crippen molar-refractivity contribution < 1.29 is 4.74 Å². The average Bonchev–Trinajstić information content (AvgIpc) is 2.86. The predicted molar refractivity (Wildman–Crippen MR) is 134 cm³/mol. The van der Waals surface area contributed by atoms with Gasteiger partial charge in [-0.3, -0.25) is 0 Å². The highest BCUT2D eigenvalue weighted by molar-refractivity contribution is 7.14. The first-order valence-electron chi connectivity index (χ1n) is 10.9. The Morgan fingerprint density at radius 1 is 0.548 bits per heavy atom. The Hall–Kier alpha value is -3.20. The molecule has 0 saturated heterocycles. The second-order valence-corrected chi connectivity index (χ2v) is 11.3. The van der Waals surface area contributed by atoms with Crippen molar-refractivity contribution in [3.05, 3.63) is 139 Å². The standard InChI is InChI=1S/C29H28OSi/c1-5-15-26(16-6-1)25-30-23-13-14-24-31(27-17-7-2-8-18-27,28-19-9-3-10-20-28)29-21-11-4-12-22-29/h1-12,14-22,24H,13,23,25H2/b24-14+. The third-order valence-electron chi connectivity index (χ3n) is 5.60. The molecule has 0 N–H and O–H groups in total. The van der Waals surface area contributed by atoms with Crippen molar-refractivity contribution in [2.45, 2.75) is 13.0 Å². The van der Waals surface area contributed by atoms with Crippen molar-refractivity contribution in [2.75, 3.05) is 6.61 Å². The second-order valence-electron chi connectivity index (χ2n) is 7.64. The van der Waals surface area contributed by atoms with Gasteiger partial charge in [-0.2, -0.15) is 0 Å². The van der Waals surface area contributed by atoms with E-state index in [4.69, 9.17) is 4.74 Å². The van der Waals surface area contributed by atoms with Gasteiger partial charge in [0.25, 0.3) is 0 Å². The topological polar surface area (TPSA) is 9.23 Å². The minimum Gasteiger partial charge on any atom is -0.376 e. The summed E-state index contributed by atoms with van der Waals surface area (Å²) in [6.45, 7) is 1.38. The lowest BCUT2D eigenvalue weighted by Crippen LogP contribution is -2.66. The molecule has 0 unspecified atom stereocenters. The van der Waals surface area contributed by atoms with Gasteiger partial charge in [0, 0.05) is 0 Å². The van der Waals surface area contributed by atoms with Crippen LogP contribution >= 0.6 is 0 Å². The minimum atomic E-state index is -2.28. The Morgan fingerprint density at radius 2 is 0.968 bits per heavy atom. The Bertz CT molecular complexity index is 964. The molecule has 0 heterocycles. The highest BCUT2D eigenvalue weighted by atomic mass is 28.3. The molecule has 2 heteroatoms. The minimum absolute atomic E-state index is 0.660. The molecule has 0 saturated carbocycles. The summed E-state index contributed by atoms with van der Waals surface area (Å²) in [7, 11) is -2.28. The van der Waals surface area contributed by atoms with Crippen molar-refractivity contribution in [3.63, 3.8) is 0 Å². The van der Waals surface area contributed by atoms with Gasteiger partial charge in [-0.15, -0.1) is 0 Å². The monoisotopic (exact) mass is 420 g/mol. The third kappa shape index (κ3) is 5.11. The molecule has 0 bridgehead atoms. The van der Waals surface area contributed by atoms with Gasteiger partial charge in [-0.05, 0) is 27.5 Å². The molecule has 0 aliphatic carbocycles. The molecule has 4 rings (SSSR count). The first kappa shape index (κ1) is 21.0. The van der Waals surface area contributed by atoms with Crippen LogP contribution in [0.4, 0.5) is 0 Å².